The summed E-state index contributed by atoms with van der Waals surface area (Å²) >= 11 is 5.21. The van der Waals surface area contributed by atoms with Crippen LogP contribution in [-0.2, 0) is 0 Å². The highest BCUT2D eigenvalue weighted by molar-refractivity contribution is 7.80. The first-order chi connectivity index (χ1) is 6.15. The fourth-order valence-corrected chi connectivity index (χ4v) is 2.02. The SMILES string of the molecule is CCNC(=S)N1C[C@H](O)CC[C@H]1C. The number of aliphatic hydroxyl groups is 1. The van der Waals surface area contributed by atoms with Gasteiger partial charge in [0.05, 0.1) is 6.10 Å². The van der Waals surface area contributed by atoms with Crippen molar-refractivity contribution in [1.82, 2.24) is 10.2 Å². The van der Waals surface area contributed by atoms with Gasteiger partial charge in [-0.15, -0.1) is 0 Å². The molecule has 0 radical (unpaired) electrons. The summed E-state index contributed by atoms with van der Waals surface area (Å²) in [5.41, 5.74) is 0. The third-order valence-corrected chi connectivity index (χ3v) is 2.82. The molecule has 0 bridgehead atoms. The van der Waals surface area contributed by atoms with E-state index in [1.165, 1.54) is 0 Å². The van der Waals surface area contributed by atoms with Crippen molar-refractivity contribution in [2.24, 2.45) is 0 Å². The summed E-state index contributed by atoms with van der Waals surface area (Å²) in [5.74, 6) is 0. The summed E-state index contributed by atoms with van der Waals surface area (Å²) in [6.45, 7) is 5.69. The van der Waals surface area contributed by atoms with Gasteiger partial charge < -0.3 is 15.3 Å². The Labute approximate surface area is 85.1 Å². The summed E-state index contributed by atoms with van der Waals surface area (Å²) in [7, 11) is 0. The Bertz CT molecular complexity index is 186. The molecule has 0 aromatic rings. The Morgan fingerprint density at radius 2 is 2.31 bits per heavy atom. The highest BCUT2D eigenvalue weighted by Crippen LogP contribution is 2.16. The molecule has 1 saturated heterocycles. The second-order valence-corrected chi connectivity index (χ2v) is 3.95. The van der Waals surface area contributed by atoms with E-state index in [4.69, 9.17) is 12.2 Å². The maximum Gasteiger partial charge on any atom is 0.169 e. The molecule has 1 fully saturated rings. The van der Waals surface area contributed by atoms with Gasteiger partial charge in [-0.3, -0.25) is 0 Å². The fraction of sp³-hybridized carbons (Fsp3) is 0.889. The molecule has 2 atom stereocenters. The van der Waals surface area contributed by atoms with Gasteiger partial charge in [-0.2, -0.15) is 0 Å². The van der Waals surface area contributed by atoms with Crippen LogP contribution in [0.5, 0.6) is 0 Å². The number of β-amino-alcohol motifs (C(OH)–C–C–N with tert-alkyl or cyclic N) is 1. The molecular formula is C9H18N2OS. The molecular weight excluding hydrogens is 184 g/mol. The molecule has 0 saturated carbocycles. The number of aliphatic hydroxyl groups excluding tert-OH is 1. The molecule has 0 amide bonds. The highest BCUT2D eigenvalue weighted by Gasteiger charge is 2.25. The smallest absolute Gasteiger partial charge is 0.169 e. The van der Waals surface area contributed by atoms with Crippen molar-refractivity contribution < 1.29 is 5.11 Å². The molecule has 4 heteroatoms. The zero-order chi connectivity index (χ0) is 9.84. The number of rotatable bonds is 1. The van der Waals surface area contributed by atoms with Crippen molar-refractivity contribution in [3.8, 4) is 0 Å². The summed E-state index contributed by atoms with van der Waals surface area (Å²) in [4.78, 5) is 2.08. The lowest BCUT2D eigenvalue weighted by atomic mass is 10.0. The van der Waals surface area contributed by atoms with Crippen LogP contribution in [0.2, 0.25) is 0 Å². The van der Waals surface area contributed by atoms with Crippen LogP contribution in [0.4, 0.5) is 0 Å². The minimum atomic E-state index is -0.215. The molecule has 1 aliphatic rings. The van der Waals surface area contributed by atoms with Crippen LogP contribution in [0, 0.1) is 0 Å². The largest absolute Gasteiger partial charge is 0.391 e. The first-order valence-electron chi connectivity index (χ1n) is 4.87. The maximum absolute atomic E-state index is 9.49. The molecule has 13 heavy (non-hydrogen) atoms. The van der Waals surface area contributed by atoms with E-state index in [1.807, 2.05) is 6.92 Å². The number of nitrogens with zero attached hydrogens (tertiary/aromatic N) is 1. The lowest BCUT2D eigenvalue weighted by Crippen LogP contribution is -2.51. The number of thiocarbonyl (C=S) groups is 1. The molecule has 76 valence electrons. The molecule has 3 nitrogen and oxygen atoms in total. The zero-order valence-electron chi connectivity index (χ0n) is 8.29. The van der Waals surface area contributed by atoms with Crippen LogP contribution < -0.4 is 5.32 Å². The minimum absolute atomic E-state index is 0.215. The average molecular weight is 202 g/mol. The van der Waals surface area contributed by atoms with E-state index in [1.54, 1.807) is 0 Å². The first kappa shape index (κ1) is 10.7. The molecule has 1 rings (SSSR count). The van der Waals surface area contributed by atoms with E-state index < -0.39 is 0 Å². The topological polar surface area (TPSA) is 35.5 Å². The van der Waals surface area contributed by atoms with Crippen LogP contribution in [-0.4, -0.2) is 40.4 Å². The van der Waals surface area contributed by atoms with Crippen molar-refractivity contribution in [3.63, 3.8) is 0 Å². The molecule has 2 N–H and O–H groups in total. The van der Waals surface area contributed by atoms with Gasteiger partial charge in [-0.05, 0) is 38.9 Å². The van der Waals surface area contributed by atoms with Gasteiger partial charge in [-0.25, -0.2) is 0 Å². The number of nitrogens with one attached hydrogen (secondary N) is 1. The molecule has 1 heterocycles. The third-order valence-electron chi connectivity index (χ3n) is 2.45. The molecule has 1 aliphatic heterocycles. The van der Waals surface area contributed by atoms with E-state index in [-0.39, 0.29) is 6.10 Å². The van der Waals surface area contributed by atoms with Crippen LogP contribution in [0.1, 0.15) is 26.7 Å². The standard InChI is InChI=1S/C9H18N2OS/c1-3-10-9(13)11-6-8(12)5-4-7(11)2/h7-8,12H,3-6H2,1-2H3,(H,10,13)/t7-,8-/m1/s1. The summed E-state index contributed by atoms with van der Waals surface area (Å²) in [5, 5.41) is 13.4. The van der Waals surface area contributed by atoms with Crippen molar-refractivity contribution in [3.05, 3.63) is 0 Å². The van der Waals surface area contributed by atoms with Gasteiger partial charge in [0.25, 0.3) is 0 Å². The second-order valence-electron chi connectivity index (χ2n) is 3.57. The summed E-state index contributed by atoms with van der Waals surface area (Å²) < 4.78 is 0. The van der Waals surface area contributed by atoms with Gasteiger partial charge in [0.15, 0.2) is 5.11 Å². The lowest BCUT2D eigenvalue weighted by Gasteiger charge is -2.37. The van der Waals surface area contributed by atoms with Crippen molar-refractivity contribution in [1.29, 1.82) is 0 Å². The van der Waals surface area contributed by atoms with E-state index >= 15 is 0 Å². The van der Waals surface area contributed by atoms with Gasteiger partial charge in [0.2, 0.25) is 0 Å². The van der Waals surface area contributed by atoms with Crippen LogP contribution in [0.15, 0.2) is 0 Å². The van der Waals surface area contributed by atoms with Gasteiger partial charge in [0, 0.05) is 19.1 Å². The fourth-order valence-electron chi connectivity index (χ4n) is 1.62. The third kappa shape index (κ3) is 2.81. The number of hydrogen-bond donors (Lipinski definition) is 2. The lowest BCUT2D eigenvalue weighted by molar-refractivity contribution is 0.0790. The van der Waals surface area contributed by atoms with Gasteiger partial charge in [-0.1, -0.05) is 0 Å². The molecule has 0 aromatic heterocycles. The predicted octanol–water partition coefficient (Wildman–Crippen LogP) is 0.726. The highest BCUT2D eigenvalue weighted by atomic mass is 32.1. The van der Waals surface area contributed by atoms with Gasteiger partial charge in [0.1, 0.15) is 0 Å². The predicted molar refractivity (Wildman–Crippen MR) is 57.7 cm³/mol. The first-order valence-corrected chi connectivity index (χ1v) is 5.28. The summed E-state index contributed by atoms with van der Waals surface area (Å²) in [6.07, 6.45) is 1.70. The quantitative estimate of drug-likeness (QED) is 0.614. The Kier molecular flexibility index (Phi) is 3.93. The van der Waals surface area contributed by atoms with Crippen LogP contribution in [0.3, 0.4) is 0 Å². The Morgan fingerprint density at radius 1 is 1.62 bits per heavy atom. The molecule has 0 aromatic carbocycles. The molecule has 0 spiro atoms. The van der Waals surface area contributed by atoms with Crippen LogP contribution >= 0.6 is 12.2 Å². The van der Waals surface area contributed by atoms with Crippen LogP contribution in [0.25, 0.3) is 0 Å². The second kappa shape index (κ2) is 4.77. The number of likely N-dealkylation sites (tertiary alicyclic amines) is 1. The van der Waals surface area contributed by atoms with E-state index in [0.717, 1.165) is 24.5 Å². The monoisotopic (exact) mass is 202 g/mol. The maximum atomic E-state index is 9.49. The average Bonchev–Trinajstić information content (AvgIpc) is 2.09. The van der Waals surface area contributed by atoms with E-state index in [0.29, 0.717) is 12.6 Å². The number of hydrogen-bond acceptors (Lipinski definition) is 2. The Morgan fingerprint density at radius 3 is 2.92 bits per heavy atom. The van der Waals surface area contributed by atoms with Gasteiger partial charge >= 0.3 is 0 Å². The van der Waals surface area contributed by atoms with Crippen molar-refractivity contribution >= 4 is 17.3 Å². The van der Waals surface area contributed by atoms with E-state index in [9.17, 15) is 5.11 Å². The number of piperidine rings is 1. The Balaban J connectivity index is 2.50. The zero-order valence-corrected chi connectivity index (χ0v) is 9.10. The van der Waals surface area contributed by atoms with Crippen molar-refractivity contribution in [2.45, 2.75) is 38.8 Å². The van der Waals surface area contributed by atoms with E-state index in [2.05, 4.69) is 17.1 Å². The summed E-state index contributed by atoms with van der Waals surface area (Å²) in [6, 6.07) is 0.454. The Hall–Kier alpha value is -0.350. The normalized spacial score (nSPS) is 28.7. The van der Waals surface area contributed by atoms with Crippen molar-refractivity contribution in [2.75, 3.05) is 13.1 Å². The molecule has 0 aliphatic carbocycles. The molecule has 0 unspecified atom stereocenters. The minimum Gasteiger partial charge on any atom is -0.391 e.